The summed E-state index contributed by atoms with van der Waals surface area (Å²) >= 11 is 25.6. The lowest BCUT2D eigenvalue weighted by molar-refractivity contribution is -0.113. The molecule has 180 valence electrons. The normalized spacial score (nSPS) is 14.7. The van der Waals surface area contributed by atoms with Crippen molar-refractivity contribution in [2.75, 3.05) is 11.5 Å². The van der Waals surface area contributed by atoms with Crippen molar-refractivity contribution in [3.05, 3.63) is 90.7 Å². The molecule has 1 saturated heterocycles. The predicted octanol–water partition coefficient (Wildman–Crippen LogP) is 8.52. The van der Waals surface area contributed by atoms with E-state index in [-0.39, 0.29) is 16.5 Å². The van der Waals surface area contributed by atoms with Gasteiger partial charge < -0.3 is 9.47 Å². The van der Waals surface area contributed by atoms with Crippen molar-refractivity contribution in [1.82, 2.24) is 0 Å². The Morgan fingerprint density at radius 3 is 2.40 bits per heavy atom. The second kappa shape index (κ2) is 11.1. The summed E-state index contributed by atoms with van der Waals surface area (Å²) in [6, 6.07) is 15.0. The number of imide groups is 1. The molecule has 0 aromatic heterocycles. The second-order valence-corrected chi connectivity index (χ2v) is 9.96. The van der Waals surface area contributed by atoms with Crippen LogP contribution in [-0.4, -0.2) is 17.8 Å². The molecule has 0 N–H and O–H groups in total. The van der Waals surface area contributed by atoms with Crippen molar-refractivity contribution in [3.8, 4) is 11.5 Å². The Morgan fingerprint density at radius 2 is 1.69 bits per heavy atom. The number of thioether (sulfide) groups is 1. The summed E-state index contributed by atoms with van der Waals surface area (Å²) in [7, 11) is 0. The Bertz CT molecular complexity index is 1350. The molecule has 1 aliphatic heterocycles. The molecule has 2 amide bonds. The molecule has 1 aliphatic rings. The highest BCUT2D eigenvalue weighted by molar-refractivity contribution is 8.19. The van der Waals surface area contributed by atoms with Crippen molar-refractivity contribution in [2.24, 2.45) is 0 Å². The van der Waals surface area contributed by atoms with E-state index in [4.69, 9.17) is 55.9 Å². The molecule has 1 heterocycles. The van der Waals surface area contributed by atoms with Crippen molar-refractivity contribution in [2.45, 2.75) is 13.5 Å². The molecular weight excluding hydrogens is 552 g/mol. The van der Waals surface area contributed by atoms with Crippen LogP contribution in [0.25, 0.3) is 6.08 Å². The van der Waals surface area contributed by atoms with E-state index < -0.39 is 11.1 Å². The number of amides is 2. The van der Waals surface area contributed by atoms with Crippen molar-refractivity contribution < 1.29 is 19.1 Å². The molecule has 5 nitrogen and oxygen atoms in total. The molecule has 0 unspecified atom stereocenters. The number of hydrogen-bond acceptors (Lipinski definition) is 5. The van der Waals surface area contributed by atoms with Crippen LogP contribution in [0.15, 0.2) is 59.5 Å². The Morgan fingerprint density at radius 1 is 0.914 bits per heavy atom. The average Bonchev–Trinajstić information content (AvgIpc) is 3.07. The topological polar surface area (TPSA) is 55.8 Å². The minimum absolute atomic E-state index is 0.146. The highest BCUT2D eigenvalue weighted by Crippen LogP contribution is 2.41. The van der Waals surface area contributed by atoms with Crippen LogP contribution < -0.4 is 14.4 Å². The van der Waals surface area contributed by atoms with Gasteiger partial charge in [0.05, 0.1) is 22.2 Å². The maximum absolute atomic E-state index is 13.0. The summed E-state index contributed by atoms with van der Waals surface area (Å²) in [6.45, 7) is 2.34. The third-order valence-corrected chi connectivity index (χ3v) is 6.85. The van der Waals surface area contributed by atoms with Crippen molar-refractivity contribution >= 4 is 81.1 Å². The van der Waals surface area contributed by atoms with Gasteiger partial charge in [0.2, 0.25) is 0 Å². The fraction of sp³-hybridized carbons (Fsp3) is 0.120. The fourth-order valence-corrected chi connectivity index (χ4v) is 5.08. The van der Waals surface area contributed by atoms with E-state index in [1.807, 2.05) is 6.92 Å². The SMILES string of the molecule is CCOc1cc(/C=C2/SC(=O)N(c3cccc(Cl)c3)C2=O)cc(Cl)c1OCc1ccc(Cl)cc1Cl. The van der Waals surface area contributed by atoms with E-state index >= 15 is 0 Å². The van der Waals surface area contributed by atoms with Crippen LogP contribution >= 0.6 is 58.2 Å². The van der Waals surface area contributed by atoms with Gasteiger partial charge in [-0.2, -0.15) is 0 Å². The first-order chi connectivity index (χ1) is 16.8. The first kappa shape index (κ1) is 25.7. The van der Waals surface area contributed by atoms with E-state index in [0.717, 1.165) is 22.2 Å². The minimum atomic E-state index is -0.450. The van der Waals surface area contributed by atoms with Crippen molar-refractivity contribution in [3.63, 3.8) is 0 Å². The largest absolute Gasteiger partial charge is 0.490 e. The zero-order chi connectivity index (χ0) is 25.1. The van der Waals surface area contributed by atoms with Gasteiger partial charge in [0.15, 0.2) is 11.5 Å². The maximum atomic E-state index is 13.0. The molecule has 10 heteroatoms. The third-order valence-electron chi connectivity index (χ3n) is 4.88. The number of benzene rings is 3. The summed E-state index contributed by atoms with van der Waals surface area (Å²) in [5.74, 6) is 0.281. The van der Waals surface area contributed by atoms with Gasteiger partial charge in [0.25, 0.3) is 11.1 Å². The van der Waals surface area contributed by atoms with Crippen LogP contribution in [0, 0.1) is 0 Å². The second-order valence-electron chi connectivity index (χ2n) is 7.28. The van der Waals surface area contributed by atoms with E-state index in [0.29, 0.717) is 44.4 Å². The van der Waals surface area contributed by atoms with Gasteiger partial charge >= 0.3 is 0 Å². The summed E-state index contributed by atoms with van der Waals surface area (Å²) < 4.78 is 11.7. The zero-order valence-corrected chi connectivity index (χ0v) is 22.0. The van der Waals surface area contributed by atoms with Gasteiger partial charge in [0.1, 0.15) is 6.61 Å². The zero-order valence-electron chi connectivity index (χ0n) is 18.2. The smallest absolute Gasteiger partial charge is 0.298 e. The Hall–Kier alpha value is -2.35. The van der Waals surface area contributed by atoms with Crippen LogP contribution in [0.4, 0.5) is 10.5 Å². The van der Waals surface area contributed by atoms with Crippen LogP contribution in [0.3, 0.4) is 0 Å². The van der Waals surface area contributed by atoms with E-state index in [2.05, 4.69) is 0 Å². The van der Waals surface area contributed by atoms with Crippen LogP contribution in [-0.2, 0) is 11.4 Å². The number of carbonyl (C=O) groups excluding carboxylic acids is 2. The standard InChI is InChI=1S/C25H17Cl4NO4S/c1-2-33-21-9-14(8-20(29)23(21)34-13-15-6-7-17(27)12-19(15)28)10-22-24(31)30(25(32)35-22)18-5-3-4-16(26)11-18/h3-12H,2,13H2,1H3/b22-10+. The van der Waals surface area contributed by atoms with Gasteiger partial charge in [-0.25, -0.2) is 4.90 Å². The highest BCUT2D eigenvalue weighted by Gasteiger charge is 2.36. The highest BCUT2D eigenvalue weighted by atomic mass is 35.5. The number of rotatable bonds is 7. The summed E-state index contributed by atoms with van der Waals surface area (Å²) in [6.07, 6.45) is 1.59. The number of ether oxygens (including phenoxy) is 2. The van der Waals surface area contributed by atoms with E-state index in [1.165, 1.54) is 0 Å². The summed E-state index contributed by atoms with van der Waals surface area (Å²) in [4.78, 5) is 26.9. The molecule has 3 aromatic carbocycles. The average molecular weight is 569 g/mol. The number of anilines is 1. The van der Waals surface area contributed by atoms with Gasteiger partial charge in [-0.05, 0) is 72.8 Å². The molecule has 35 heavy (non-hydrogen) atoms. The first-order valence-electron chi connectivity index (χ1n) is 10.3. The summed E-state index contributed by atoms with van der Waals surface area (Å²) in [5, 5.41) is 1.28. The van der Waals surface area contributed by atoms with E-state index in [1.54, 1.807) is 60.7 Å². The molecule has 0 spiro atoms. The Kier molecular flexibility index (Phi) is 8.19. The van der Waals surface area contributed by atoms with Crippen LogP contribution in [0.5, 0.6) is 11.5 Å². The predicted molar refractivity (Wildman–Crippen MR) is 143 cm³/mol. The monoisotopic (exact) mass is 567 g/mol. The third kappa shape index (κ3) is 5.90. The fourth-order valence-electron chi connectivity index (χ4n) is 3.32. The lowest BCUT2D eigenvalue weighted by Crippen LogP contribution is -2.27. The Labute approximate surface area is 226 Å². The Balaban J connectivity index is 1.61. The molecule has 4 rings (SSSR count). The van der Waals surface area contributed by atoms with Gasteiger partial charge in [-0.3, -0.25) is 9.59 Å². The molecule has 0 bridgehead atoms. The minimum Gasteiger partial charge on any atom is -0.490 e. The lowest BCUT2D eigenvalue weighted by atomic mass is 10.1. The molecule has 0 radical (unpaired) electrons. The van der Waals surface area contributed by atoms with Gasteiger partial charge in [-0.15, -0.1) is 0 Å². The van der Waals surface area contributed by atoms with Crippen molar-refractivity contribution in [1.29, 1.82) is 0 Å². The van der Waals surface area contributed by atoms with Crippen LogP contribution in [0.1, 0.15) is 18.1 Å². The molecular formula is C25H17Cl4NO4S. The first-order valence-corrected chi connectivity index (χ1v) is 12.7. The van der Waals surface area contributed by atoms with E-state index in [9.17, 15) is 9.59 Å². The number of halogens is 4. The molecule has 0 saturated carbocycles. The molecule has 0 aliphatic carbocycles. The molecule has 3 aromatic rings. The number of nitrogens with zero attached hydrogens (tertiary/aromatic N) is 1. The lowest BCUT2D eigenvalue weighted by Gasteiger charge is -2.15. The van der Waals surface area contributed by atoms with Crippen LogP contribution in [0.2, 0.25) is 20.1 Å². The quantitative estimate of drug-likeness (QED) is 0.267. The summed E-state index contributed by atoms with van der Waals surface area (Å²) in [5.41, 5.74) is 1.71. The maximum Gasteiger partial charge on any atom is 0.298 e. The molecule has 1 fully saturated rings. The van der Waals surface area contributed by atoms with Gasteiger partial charge in [0, 0.05) is 20.6 Å². The molecule has 0 atom stereocenters. The van der Waals surface area contributed by atoms with Gasteiger partial charge in [-0.1, -0.05) is 58.5 Å². The number of hydrogen-bond donors (Lipinski definition) is 0. The number of carbonyl (C=O) groups is 2.